The summed E-state index contributed by atoms with van der Waals surface area (Å²) in [5.41, 5.74) is 4.81. The third-order valence-corrected chi connectivity index (χ3v) is 5.79. The van der Waals surface area contributed by atoms with Crippen LogP contribution in [0.5, 0.6) is 0 Å². The van der Waals surface area contributed by atoms with Gasteiger partial charge in [0.15, 0.2) is 5.82 Å². The van der Waals surface area contributed by atoms with Crippen molar-refractivity contribution in [2.75, 3.05) is 18.5 Å². The topological polar surface area (TPSA) is 123 Å². The second kappa shape index (κ2) is 10.2. The van der Waals surface area contributed by atoms with Crippen molar-refractivity contribution in [1.82, 2.24) is 15.1 Å². The quantitative estimate of drug-likeness (QED) is 0.416. The zero-order valence-electron chi connectivity index (χ0n) is 18.8. The number of unbranched alkanes of at least 4 members (excludes halogenated alkanes) is 1. The summed E-state index contributed by atoms with van der Waals surface area (Å²) in [4.78, 5) is 35.4. The zero-order chi connectivity index (χ0) is 24.1. The summed E-state index contributed by atoms with van der Waals surface area (Å²) in [6.45, 7) is 0.531. The van der Waals surface area contributed by atoms with Crippen molar-refractivity contribution in [2.24, 2.45) is 7.05 Å². The zero-order valence-corrected chi connectivity index (χ0v) is 18.8. The van der Waals surface area contributed by atoms with Gasteiger partial charge in [-0.3, -0.25) is 19.6 Å². The molecule has 176 valence electrons. The van der Waals surface area contributed by atoms with Gasteiger partial charge in [-0.05, 0) is 35.1 Å². The number of hydrogen-bond acceptors (Lipinski definition) is 5. The maximum Gasteiger partial charge on any atom is 0.412 e. The average molecular weight is 463 g/mol. The normalized spacial score (nSPS) is 12.0. The van der Waals surface area contributed by atoms with Crippen LogP contribution in [0.25, 0.3) is 11.1 Å². The van der Waals surface area contributed by atoms with E-state index >= 15 is 0 Å². The van der Waals surface area contributed by atoms with Crippen LogP contribution >= 0.6 is 0 Å². The van der Waals surface area contributed by atoms with Crippen LogP contribution in [0.3, 0.4) is 0 Å². The lowest BCUT2D eigenvalue weighted by Crippen LogP contribution is -2.26. The predicted molar refractivity (Wildman–Crippen MR) is 126 cm³/mol. The van der Waals surface area contributed by atoms with Crippen LogP contribution in [-0.2, 0) is 16.6 Å². The molecule has 0 unspecified atom stereocenters. The first-order valence-electron chi connectivity index (χ1n) is 11.1. The number of amides is 2. The number of fused-ring (bicyclic) bond motifs is 3. The minimum absolute atomic E-state index is 0.0515. The summed E-state index contributed by atoms with van der Waals surface area (Å²) >= 11 is 0. The SMILES string of the molecule is Cn1nc(NC(=O)OCC2c3ccccc3-c3ccccc32)cc1C(=O)NCCCCC(=O)O. The molecule has 9 nitrogen and oxygen atoms in total. The van der Waals surface area contributed by atoms with Gasteiger partial charge in [-0.15, -0.1) is 0 Å². The van der Waals surface area contributed by atoms with E-state index in [0.717, 1.165) is 22.3 Å². The number of carboxylic acids is 1. The summed E-state index contributed by atoms with van der Waals surface area (Å²) in [7, 11) is 1.60. The monoisotopic (exact) mass is 462 g/mol. The molecule has 1 aliphatic rings. The van der Waals surface area contributed by atoms with Crippen molar-refractivity contribution < 1.29 is 24.2 Å². The number of aromatic nitrogens is 2. The number of nitrogens with one attached hydrogen (secondary N) is 2. The average Bonchev–Trinajstić information content (AvgIpc) is 3.34. The van der Waals surface area contributed by atoms with E-state index in [0.29, 0.717) is 19.4 Å². The van der Waals surface area contributed by atoms with Gasteiger partial charge in [0.05, 0.1) is 0 Å². The standard InChI is InChI=1S/C25H26N4O5/c1-29-21(24(32)26-13-7-6-12-23(30)31)14-22(28-29)27-25(33)34-15-20-18-10-4-2-8-16(18)17-9-3-5-11-19(17)20/h2-5,8-11,14,20H,6-7,12-13,15H2,1H3,(H,26,32)(H,30,31)(H,27,28,33). The van der Waals surface area contributed by atoms with Crippen molar-refractivity contribution in [1.29, 1.82) is 0 Å². The third kappa shape index (κ3) is 5.09. The van der Waals surface area contributed by atoms with Crippen molar-refractivity contribution in [3.63, 3.8) is 0 Å². The number of rotatable bonds is 9. The molecule has 34 heavy (non-hydrogen) atoms. The van der Waals surface area contributed by atoms with Crippen LogP contribution in [0.1, 0.15) is 46.8 Å². The Balaban J connectivity index is 1.32. The molecule has 2 amide bonds. The summed E-state index contributed by atoms with van der Waals surface area (Å²) in [6.07, 6.45) is 0.451. The molecule has 1 heterocycles. The van der Waals surface area contributed by atoms with Gasteiger partial charge in [0.2, 0.25) is 0 Å². The molecule has 0 saturated heterocycles. The summed E-state index contributed by atoms with van der Waals surface area (Å²) in [5, 5.41) is 18.1. The summed E-state index contributed by atoms with van der Waals surface area (Å²) in [6, 6.07) is 17.6. The second-order valence-corrected chi connectivity index (χ2v) is 8.10. The largest absolute Gasteiger partial charge is 0.481 e. The highest BCUT2D eigenvalue weighted by Crippen LogP contribution is 2.44. The number of ether oxygens (including phenoxy) is 1. The number of aliphatic carboxylic acids is 1. The molecule has 0 radical (unpaired) electrons. The number of nitrogens with zero attached hydrogens (tertiary/aromatic N) is 2. The minimum atomic E-state index is -0.859. The molecule has 1 aliphatic carbocycles. The lowest BCUT2D eigenvalue weighted by molar-refractivity contribution is -0.137. The third-order valence-electron chi connectivity index (χ3n) is 5.79. The Bertz CT molecular complexity index is 1170. The Morgan fingerprint density at radius 1 is 1.03 bits per heavy atom. The van der Waals surface area contributed by atoms with Crippen LogP contribution in [0.4, 0.5) is 10.6 Å². The highest BCUT2D eigenvalue weighted by atomic mass is 16.5. The van der Waals surface area contributed by atoms with Crippen LogP contribution < -0.4 is 10.6 Å². The number of carboxylic acid groups (broad SMARTS) is 1. The first-order valence-corrected chi connectivity index (χ1v) is 11.1. The van der Waals surface area contributed by atoms with Crippen molar-refractivity contribution in [2.45, 2.75) is 25.2 Å². The minimum Gasteiger partial charge on any atom is -0.481 e. The fraction of sp³-hybridized carbons (Fsp3) is 0.280. The van der Waals surface area contributed by atoms with Gasteiger partial charge in [-0.1, -0.05) is 48.5 Å². The van der Waals surface area contributed by atoms with Crippen LogP contribution in [0.15, 0.2) is 54.6 Å². The molecule has 3 N–H and O–H groups in total. The smallest absolute Gasteiger partial charge is 0.412 e. The molecule has 0 bridgehead atoms. The Hall–Kier alpha value is -4.14. The molecule has 3 aromatic rings. The van der Waals surface area contributed by atoms with Gasteiger partial charge in [0.1, 0.15) is 12.3 Å². The second-order valence-electron chi connectivity index (χ2n) is 8.10. The van der Waals surface area contributed by atoms with Crippen molar-refractivity contribution in [3.05, 3.63) is 71.4 Å². The molecule has 2 aromatic carbocycles. The van der Waals surface area contributed by atoms with Crippen LogP contribution in [0, 0.1) is 0 Å². The highest BCUT2D eigenvalue weighted by Gasteiger charge is 2.29. The molecular weight excluding hydrogens is 436 g/mol. The van der Waals surface area contributed by atoms with Gasteiger partial charge in [0.25, 0.3) is 5.91 Å². The van der Waals surface area contributed by atoms with E-state index in [4.69, 9.17) is 9.84 Å². The van der Waals surface area contributed by atoms with Gasteiger partial charge in [-0.25, -0.2) is 4.79 Å². The van der Waals surface area contributed by atoms with Gasteiger partial charge >= 0.3 is 12.1 Å². The fourth-order valence-corrected chi connectivity index (χ4v) is 4.17. The molecule has 1 aromatic heterocycles. The number of anilines is 1. The molecule has 9 heteroatoms. The molecule has 0 aliphatic heterocycles. The van der Waals surface area contributed by atoms with Crippen molar-refractivity contribution in [3.8, 4) is 11.1 Å². The lowest BCUT2D eigenvalue weighted by Gasteiger charge is -2.14. The molecule has 0 spiro atoms. The number of hydrogen-bond donors (Lipinski definition) is 3. The Morgan fingerprint density at radius 2 is 1.68 bits per heavy atom. The van der Waals surface area contributed by atoms with Crippen LogP contribution in [0.2, 0.25) is 0 Å². The number of aryl methyl sites for hydroxylation is 1. The van der Waals surface area contributed by atoms with E-state index in [-0.39, 0.29) is 36.4 Å². The number of carbonyl (C=O) groups excluding carboxylic acids is 2. The highest BCUT2D eigenvalue weighted by molar-refractivity contribution is 5.94. The molecule has 4 rings (SSSR count). The molecule has 0 saturated carbocycles. The Morgan fingerprint density at radius 3 is 2.32 bits per heavy atom. The first kappa shape index (κ1) is 23.0. The predicted octanol–water partition coefficient (Wildman–Crippen LogP) is 3.77. The molecule has 0 fully saturated rings. The first-order chi connectivity index (χ1) is 16.4. The van der Waals surface area contributed by atoms with E-state index in [1.807, 2.05) is 36.4 Å². The van der Waals surface area contributed by atoms with E-state index in [2.05, 4.69) is 27.9 Å². The van der Waals surface area contributed by atoms with Gasteiger partial charge in [0, 0.05) is 32.0 Å². The van der Waals surface area contributed by atoms with Gasteiger partial charge < -0.3 is 15.2 Å². The molecule has 0 atom stereocenters. The van der Waals surface area contributed by atoms with E-state index in [1.54, 1.807) is 7.05 Å². The fourth-order valence-electron chi connectivity index (χ4n) is 4.17. The van der Waals surface area contributed by atoms with E-state index < -0.39 is 12.1 Å². The van der Waals surface area contributed by atoms with Crippen LogP contribution in [-0.4, -0.2) is 46.0 Å². The number of benzene rings is 2. The van der Waals surface area contributed by atoms with Crippen molar-refractivity contribution >= 4 is 23.8 Å². The summed E-state index contributed by atoms with van der Waals surface area (Å²) < 4.78 is 6.88. The lowest BCUT2D eigenvalue weighted by atomic mass is 9.98. The maximum absolute atomic E-state index is 12.5. The van der Waals surface area contributed by atoms with Gasteiger partial charge in [-0.2, -0.15) is 5.10 Å². The Labute approximate surface area is 196 Å². The van der Waals surface area contributed by atoms with E-state index in [1.165, 1.54) is 10.7 Å². The van der Waals surface area contributed by atoms with E-state index in [9.17, 15) is 14.4 Å². The number of carbonyl (C=O) groups is 3. The molecular formula is C25H26N4O5. The summed E-state index contributed by atoms with van der Waals surface area (Å²) in [5.74, 6) is -1.06. The maximum atomic E-state index is 12.5. The Kier molecular flexibility index (Phi) is 6.91.